The lowest BCUT2D eigenvalue weighted by atomic mass is 9.62. The molecule has 0 spiro atoms. The van der Waals surface area contributed by atoms with Crippen LogP contribution in [0.25, 0.3) is 0 Å². The summed E-state index contributed by atoms with van der Waals surface area (Å²) in [6.45, 7) is 12.0. The summed E-state index contributed by atoms with van der Waals surface area (Å²) in [5.41, 5.74) is 5.39. The summed E-state index contributed by atoms with van der Waals surface area (Å²) in [5.74, 6) is 1.18. The third-order valence-electron chi connectivity index (χ3n) is 8.36. The minimum Gasteiger partial charge on any atom is -0.365 e. The highest BCUT2D eigenvalue weighted by atomic mass is 19.1. The van der Waals surface area contributed by atoms with Gasteiger partial charge in [0.15, 0.2) is 0 Å². The Labute approximate surface area is 182 Å². The molecule has 2 saturated carbocycles. The highest BCUT2D eigenvalue weighted by Gasteiger charge is 2.46. The van der Waals surface area contributed by atoms with Crippen molar-refractivity contribution in [3.63, 3.8) is 0 Å². The lowest BCUT2D eigenvalue weighted by Crippen LogP contribution is -2.32. The lowest BCUT2D eigenvalue weighted by Gasteiger charge is -2.42. The standard InChI is InChI=1S/C28H39FO/c1-5-28(19-30-28)18-7-9-20(2)24-15-16-25-23(11-8-17-27(24,25)4)14-13-22-10-6-12-26(29)21(22)3/h7,13-15,18,20,25-26H,3,5-6,8-12,16-17,19H2,1-2,4H3/b18-7+,22-13-,23-14+/t20-,25?,26-,27+,28?/m0/s1. The van der Waals surface area contributed by atoms with Crippen molar-refractivity contribution in [2.24, 2.45) is 17.3 Å². The first-order chi connectivity index (χ1) is 14.4. The maximum absolute atomic E-state index is 14.0. The van der Waals surface area contributed by atoms with Crippen molar-refractivity contribution in [1.29, 1.82) is 0 Å². The Kier molecular flexibility index (Phi) is 6.26. The third kappa shape index (κ3) is 4.17. The zero-order valence-corrected chi connectivity index (χ0v) is 19.2. The number of alkyl halides is 1. The van der Waals surface area contributed by atoms with Crippen molar-refractivity contribution in [2.45, 2.75) is 90.3 Å². The average molecular weight is 411 g/mol. The quantitative estimate of drug-likeness (QED) is 0.321. The van der Waals surface area contributed by atoms with Gasteiger partial charge in [0.25, 0.3) is 0 Å². The second-order valence-corrected chi connectivity index (χ2v) is 10.3. The molecule has 0 radical (unpaired) electrons. The lowest BCUT2D eigenvalue weighted by molar-refractivity contribution is 0.218. The molecule has 1 saturated heterocycles. The molecule has 4 rings (SSSR count). The summed E-state index contributed by atoms with van der Waals surface area (Å²) in [5, 5.41) is 0. The van der Waals surface area contributed by atoms with E-state index in [-0.39, 0.29) is 11.0 Å². The number of rotatable bonds is 6. The summed E-state index contributed by atoms with van der Waals surface area (Å²) < 4.78 is 19.6. The molecule has 3 aliphatic carbocycles. The maximum atomic E-state index is 14.0. The van der Waals surface area contributed by atoms with E-state index in [9.17, 15) is 4.39 Å². The van der Waals surface area contributed by atoms with Crippen LogP contribution in [0.1, 0.15) is 78.6 Å². The normalized spacial score (nSPS) is 40.1. The molecule has 1 aliphatic heterocycles. The molecule has 1 heterocycles. The van der Waals surface area contributed by atoms with E-state index in [4.69, 9.17) is 4.74 Å². The average Bonchev–Trinajstić information content (AvgIpc) is 3.42. The van der Waals surface area contributed by atoms with Crippen LogP contribution in [-0.4, -0.2) is 18.4 Å². The van der Waals surface area contributed by atoms with Crippen LogP contribution in [0.2, 0.25) is 0 Å². The fourth-order valence-corrected chi connectivity index (χ4v) is 6.15. The fourth-order valence-electron chi connectivity index (χ4n) is 6.15. The number of ether oxygens (including phenoxy) is 1. The zero-order chi connectivity index (χ0) is 21.4. The molecule has 0 aromatic rings. The van der Waals surface area contributed by atoms with Crippen LogP contribution in [0.4, 0.5) is 4.39 Å². The van der Waals surface area contributed by atoms with Crippen LogP contribution >= 0.6 is 0 Å². The van der Waals surface area contributed by atoms with Gasteiger partial charge in [-0.15, -0.1) is 0 Å². The SMILES string of the molecule is C=C1/C(=C\C=C2/CCC[C@]3(C)C([C@@H](C)C/C=C/C4(CC)CO4)=CCC23)CCC[C@@H]1F. The summed E-state index contributed by atoms with van der Waals surface area (Å²) in [6.07, 6.45) is 20.5. The Balaban J connectivity index is 1.45. The Bertz CT molecular complexity index is 793. The Morgan fingerprint density at radius 1 is 1.30 bits per heavy atom. The summed E-state index contributed by atoms with van der Waals surface area (Å²) >= 11 is 0. The first-order valence-electron chi connectivity index (χ1n) is 12.1. The van der Waals surface area contributed by atoms with E-state index in [1.165, 1.54) is 19.3 Å². The highest BCUT2D eigenvalue weighted by molar-refractivity contribution is 5.39. The van der Waals surface area contributed by atoms with Gasteiger partial charge < -0.3 is 4.74 Å². The molecule has 1 nitrogen and oxygen atoms in total. The van der Waals surface area contributed by atoms with E-state index in [2.05, 4.69) is 57.7 Å². The summed E-state index contributed by atoms with van der Waals surface area (Å²) in [6, 6.07) is 0. The van der Waals surface area contributed by atoms with Gasteiger partial charge >= 0.3 is 0 Å². The van der Waals surface area contributed by atoms with Crippen molar-refractivity contribution in [2.75, 3.05) is 6.61 Å². The van der Waals surface area contributed by atoms with Gasteiger partial charge in [-0.1, -0.05) is 68.9 Å². The van der Waals surface area contributed by atoms with Crippen LogP contribution < -0.4 is 0 Å². The van der Waals surface area contributed by atoms with Crippen LogP contribution in [0.15, 0.2) is 59.3 Å². The third-order valence-corrected chi connectivity index (χ3v) is 8.36. The second-order valence-electron chi connectivity index (χ2n) is 10.3. The van der Waals surface area contributed by atoms with Gasteiger partial charge in [-0.05, 0) is 86.2 Å². The molecule has 3 fully saturated rings. The molecule has 0 aromatic heterocycles. The van der Waals surface area contributed by atoms with Crippen LogP contribution in [-0.2, 0) is 4.74 Å². The van der Waals surface area contributed by atoms with E-state index >= 15 is 0 Å². The van der Waals surface area contributed by atoms with Crippen LogP contribution in [0.5, 0.6) is 0 Å². The topological polar surface area (TPSA) is 12.5 Å². The zero-order valence-electron chi connectivity index (χ0n) is 19.2. The molecule has 164 valence electrons. The largest absolute Gasteiger partial charge is 0.365 e. The molecule has 0 aromatic carbocycles. The first-order valence-corrected chi connectivity index (χ1v) is 12.1. The molecule has 0 amide bonds. The van der Waals surface area contributed by atoms with E-state index in [1.54, 1.807) is 11.1 Å². The molecule has 2 heteroatoms. The summed E-state index contributed by atoms with van der Waals surface area (Å²) in [7, 11) is 0. The predicted octanol–water partition coefficient (Wildman–Crippen LogP) is 7.82. The van der Waals surface area contributed by atoms with Crippen molar-refractivity contribution in [1.82, 2.24) is 0 Å². The Morgan fingerprint density at radius 2 is 2.10 bits per heavy atom. The van der Waals surface area contributed by atoms with Crippen molar-refractivity contribution in [3.8, 4) is 0 Å². The number of halogens is 1. The molecule has 5 atom stereocenters. The Morgan fingerprint density at radius 3 is 2.83 bits per heavy atom. The monoisotopic (exact) mass is 410 g/mol. The molecule has 0 N–H and O–H groups in total. The van der Waals surface area contributed by atoms with Gasteiger partial charge in [0, 0.05) is 0 Å². The maximum Gasteiger partial charge on any atom is 0.125 e. The second kappa shape index (κ2) is 8.61. The molecule has 4 aliphatic rings. The number of allylic oxidation sites excluding steroid dienone is 8. The van der Waals surface area contributed by atoms with E-state index in [1.807, 2.05) is 0 Å². The number of epoxide rings is 1. The number of hydrogen-bond donors (Lipinski definition) is 0. The van der Waals surface area contributed by atoms with Gasteiger partial charge in [0.1, 0.15) is 11.8 Å². The van der Waals surface area contributed by atoms with Gasteiger partial charge in [0.2, 0.25) is 0 Å². The summed E-state index contributed by atoms with van der Waals surface area (Å²) in [4.78, 5) is 0. The van der Waals surface area contributed by atoms with Gasteiger partial charge in [-0.3, -0.25) is 0 Å². The Hall–Kier alpha value is -1.41. The molecule has 0 bridgehead atoms. The smallest absolute Gasteiger partial charge is 0.125 e. The van der Waals surface area contributed by atoms with E-state index < -0.39 is 6.17 Å². The molecular weight excluding hydrogens is 371 g/mol. The first kappa shape index (κ1) is 21.8. The van der Waals surface area contributed by atoms with Crippen molar-refractivity contribution < 1.29 is 9.13 Å². The minimum atomic E-state index is -0.846. The van der Waals surface area contributed by atoms with Crippen LogP contribution in [0.3, 0.4) is 0 Å². The molecule has 2 unspecified atom stereocenters. The molecule has 30 heavy (non-hydrogen) atoms. The number of fused-ring (bicyclic) bond motifs is 1. The number of hydrogen-bond acceptors (Lipinski definition) is 1. The van der Waals surface area contributed by atoms with Gasteiger partial charge in [0.05, 0.1) is 6.61 Å². The van der Waals surface area contributed by atoms with Gasteiger partial charge in [-0.25, -0.2) is 4.39 Å². The van der Waals surface area contributed by atoms with E-state index in [0.29, 0.717) is 23.8 Å². The van der Waals surface area contributed by atoms with Crippen LogP contribution in [0, 0.1) is 17.3 Å². The van der Waals surface area contributed by atoms with Crippen molar-refractivity contribution in [3.05, 3.63) is 59.3 Å². The highest BCUT2D eigenvalue weighted by Crippen LogP contribution is 2.57. The fraction of sp³-hybridized carbons (Fsp3) is 0.643. The van der Waals surface area contributed by atoms with Crippen molar-refractivity contribution >= 4 is 0 Å². The molecular formula is C28H39FO. The predicted molar refractivity (Wildman–Crippen MR) is 124 cm³/mol. The minimum absolute atomic E-state index is 0.0478. The van der Waals surface area contributed by atoms with Gasteiger partial charge in [-0.2, -0.15) is 0 Å². The van der Waals surface area contributed by atoms with E-state index in [0.717, 1.165) is 44.3 Å².